The van der Waals surface area contributed by atoms with E-state index in [-0.39, 0.29) is 17.7 Å². The third kappa shape index (κ3) is 1.13. The fraction of sp³-hybridized carbons (Fsp3) is 0.250. The van der Waals surface area contributed by atoms with Crippen LogP contribution in [0.5, 0.6) is 0 Å². The van der Waals surface area contributed by atoms with Crippen molar-refractivity contribution in [3.63, 3.8) is 0 Å². The van der Waals surface area contributed by atoms with Crippen molar-refractivity contribution in [1.29, 1.82) is 0 Å². The van der Waals surface area contributed by atoms with Gasteiger partial charge in [-0.25, -0.2) is 3.93 Å². The van der Waals surface area contributed by atoms with Crippen LogP contribution in [0.15, 0.2) is 24.3 Å². The number of rotatable bonds is 0. The average molecular weight is 354 g/mol. The highest BCUT2D eigenvalue weighted by atomic mass is 127. The predicted octanol–water partition coefficient (Wildman–Crippen LogP) is 1.58. The van der Waals surface area contributed by atoms with Crippen molar-refractivity contribution in [2.24, 2.45) is 5.92 Å². The van der Waals surface area contributed by atoms with E-state index in [1.54, 1.807) is 24.3 Å². The minimum absolute atomic E-state index is 0.194. The van der Waals surface area contributed by atoms with Gasteiger partial charge < -0.3 is 0 Å². The third-order valence-corrected chi connectivity index (χ3v) is 4.34. The van der Waals surface area contributed by atoms with Gasteiger partial charge in [0.25, 0.3) is 5.91 Å². The molecule has 2 unspecified atom stereocenters. The van der Waals surface area contributed by atoms with Crippen LogP contribution in [0, 0.1) is 5.92 Å². The summed E-state index contributed by atoms with van der Waals surface area (Å²) in [6.07, 6.45) is 7.10. The van der Waals surface area contributed by atoms with E-state index in [2.05, 4.69) is 16.1 Å². The molecule has 0 aromatic carbocycles. The number of carbonyl (C=O) groups excluding carboxylic acids is 2. The number of amides is 2. The number of hydrogen-bond donors (Lipinski definition) is 0. The number of alkyl halides is 1. The standard InChI is InChI=1S/C8H5BrINO2/c9-11-6(12)5-3-1-2-4-8(5,10)7(11)13/h1-5H. The second-order valence-corrected chi connectivity index (χ2v) is 5.41. The Kier molecular flexibility index (Phi) is 2.10. The Hall–Kier alpha value is -0.170. The van der Waals surface area contributed by atoms with Crippen molar-refractivity contribution in [2.75, 3.05) is 0 Å². The van der Waals surface area contributed by atoms with Gasteiger partial charge in [-0.15, -0.1) is 0 Å². The van der Waals surface area contributed by atoms with Crippen LogP contribution in [0.4, 0.5) is 0 Å². The molecule has 0 radical (unpaired) electrons. The maximum atomic E-state index is 11.6. The summed E-state index contributed by atoms with van der Waals surface area (Å²) in [5.41, 5.74) is 0. The van der Waals surface area contributed by atoms with Crippen LogP contribution in [-0.2, 0) is 9.59 Å². The number of carbonyl (C=O) groups is 2. The summed E-state index contributed by atoms with van der Waals surface area (Å²) >= 11 is 4.97. The molecular weight excluding hydrogens is 349 g/mol. The zero-order valence-electron chi connectivity index (χ0n) is 6.41. The first-order chi connectivity index (χ1) is 6.07. The number of fused-ring (bicyclic) bond motifs is 1. The summed E-state index contributed by atoms with van der Waals surface area (Å²) in [5, 5.41) is 0. The van der Waals surface area contributed by atoms with Gasteiger partial charge in [0.15, 0.2) is 0 Å². The molecule has 5 heteroatoms. The first-order valence-corrected chi connectivity index (χ1v) is 5.45. The molecule has 0 bridgehead atoms. The molecule has 0 aromatic rings. The summed E-state index contributed by atoms with van der Waals surface area (Å²) in [7, 11) is 0. The summed E-state index contributed by atoms with van der Waals surface area (Å²) in [6.45, 7) is 0. The van der Waals surface area contributed by atoms with E-state index in [1.165, 1.54) is 0 Å². The molecule has 3 nitrogen and oxygen atoms in total. The molecular formula is C8H5BrINO2. The number of imide groups is 1. The summed E-state index contributed by atoms with van der Waals surface area (Å²) < 4.78 is 0.303. The van der Waals surface area contributed by atoms with E-state index in [0.29, 0.717) is 0 Å². The van der Waals surface area contributed by atoms with E-state index < -0.39 is 3.42 Å². The number of nitrogens with zero attached hydrogens (tertiary/aromatic N) is 1. The monoisotopic (exact) mass is 353 g/mol. The normalized spacial score (nSPS) is 37.1. The Morgan fingerprint density at radius 3 is 2.77 bits per heavy atom. The van der Waals surface area contributed by atoms with Gasteiger partial charge in [-0.2, -0.15) is 0 Å². The molecule has 2 amide bonds. The smallest absolute Gasteiger partial charge is 0.260 e. The Morgan fingerprint density at radius 2 is 2.15 bits per heavy atom. The Labute approximate surface area is 97.3 Å². The van der Waals surface area contributed by atoms with Crippen molar-refractivity contribution >= 4 is 50.6 Å². The van der Waals surface area contributed by atoms with Crippen molar-refractivity contribution in [1.82, 2.24) is 3.93 Å². The lowest BCUT2D eigenvalue weighted by Gasteiger charge is -2.20. The first-order valence-electron chi connectivity index (χ1n) is 3.66. The van der Waals surface area contributed by atoms with Crippen LogP contribution in [0.2, 0.25) is 0 Å². The molecule has 2 aliphatic rings. The van der Waals surface area contributed by atoms with Crippen LogP contribution in [0.1, 0.15) is 0 Å². The highest BCUT2D eigenvalue weighted by Gasteiger charge is 2.55. The van der Waals surface area contributed by atoms with Crippen LogP contribution in [0.3, 0.4) is 0 Å². The van der Waals surface area contributed by atoms with Gasteiger partial charge in [0.2, 0.25) is 5.91 Å². The number of allylic oxidation sites excluding steroid dienone is 2. The van der Waals surface area contributed by atoms with Crippen LogP contribution < -0.4 is 0 Å². The molecule has 68 valence electrons. The second kappa shape index (κ2) is 2.91. The van der Waals surface area contributed by atoms with Gasteiger partial charge in [0.05, 0.1) is 22.1 Å². The van der Waals surface area contributed by atoms with E-state index in [9.17, 15) is 9.59 Å². The topological polar surface area (TPSA) is 37.4 Å². The molecule has 0 aromatic heterocycles. The Morgan fingerprint density at radius 1 is 1.46 bits per heavy atom. The largest absolute Gasteiger partial charge is 0.273 e. The van der Waals surface area contributed by atoms with Crippen molar-refractivity contribution < 1.29 is 9.59 Å². The molecule has 0 N–H and O–H groups in total. The molecule has 1 aliphatic heterocycles. The maximum Gasteiger partial charge on any atom is 0.260 e. The quantitative estimate of drug-likeness (QED) is 0.287. The molecule has 1 saturated heterocycles. The number of hydrogen-bond acceptors (Lipinski definition) is 2. The van der Waals surface area contributed by atoms with Gasteiger partial charge in [-0.1, -0.05) is 46.9 Å². The van der Waals surface area contributed by atoms with Crippen LogP contribution in [0.25, 0.3) is 0 Å². The van der Waals surface area contributed by atoms with E-state index >= 15 is 0 Å². The minimum Gasteiger partial charge on any atom is -0.273 e. The van der Waals surface area contributed by atoms with Crippen LogP contribution >= 0.6 is 38.7 Å². The molecule has 2 atom stereocenters. The highest BCUT2D eigenvalue weighted by molar-refractivity contribution is 14.1. The molecule has 1 aliphatic carbocycles. The zero-order chi connectivity index (χ0) is 9.64. The predicted molar refractivity (Wildman–Crippen MR) is 59.3 cm³/mol. The zero-order valence-corrected chi connectivity index (χ0v) is 10.1. The Bertz CT molecular complexity index is 352. The fourth-order valence-corrected chi connectivity index (χ4v) is 3.22. The van der Waals surface area contributed by atoms with Crippen molar-refractivity contribution in [3.8, 4) is 0 Å². The number of halogens is 2. The van der Waals surface area contributed by atoms with E-state index in [0.717, 1.165) is 3.93 Å². The average Bonchev–Trinajstić information content (AvgIpc) is 2.29. The maximum absolute atomic E-state index is 11.6. The molecule has 1 heterocycles. The van der Waals surface area contributed by atoms with Gasteiger partial charge >= 0.3 is 0 Å². The Balaban J connectivity index is 2.52. The summed E-state index contributed by atoms with van der Waals surface area (Å²) in [5.74, 6) is -0.756. The summed E-state index contributed by atoms with van der Waals surface area (Å²) in [6, 6.07) is 0. The molecule has 1 fully saturated rings. The van der Waals surface area contributed by atoms with Gasteiger partial charge in [-0.3, -0.25) is 9.59 Å². The van der Waals surface area contributed by atoms with E-state index in [1.807, 2.05) is 22.6 Å². The lowest BCUT2D eigenvalue weighted by atomic mass is 9.91. The van der Waals surface area contributed by atoms with Gasteiger partial charge in [-0.05, 0) is 0 Å². The third-order valence-electron chi connectivity index (χ3n) is 2.17. The lowest BCUT2D eigenvalue weighted by molar-refractivity contribution is -0.132. The first kappa shape index (κ1) is 9.39. The fourth-order valence-electron chi connectivity index (χ4n) is 1.45. The molecule has 0 saturated carbocycles. The lowest BCUT2D eigenvalue weighted by Crippen LogP contribution is -2.33. The van der Waals surface area contributed by atoms with Crippen molar-refractivity contribution in [2.45, 2.75) is 3.42 Å². The second-order valence-electron chi connectivity index (χ2n) is 2.91. The SMILES string of the molecule is O=C1C2C=CC=CC2(I)C(=O)N1Br. The molecule has 13 heavy (non-hydrogen) atoms. The van der Waals surface area contributed by atoms with E-state index in [4.69, 9.17) is 0 Å². The van der Waals surface area contributed by atoms with Gasteiger partial charge in [0, 0.05) is 0 Å². The molecule has 2 rings (SSSR count). The van der Waals surface area contributed by atoms with Crippen molar-refractivity contribution in [3.05, 3.63) is 24.3 Å². The van der Waals surface area contributed by atoms with Crippen LogP contribution in [-0.4, -0.2) is 19.2 Å². The van der Waals surface area contributed by atoms with Gasteiger partial charge in [0.1, 0.15) is 3.42 Å². The molecule has 0 spiro atoms. The summed E-state index contributed by atoms with van der Waals surface area (Å²) in [4.78, 5) is 23.2. The highest BCUT2D eigenvalue weighted by Crippen LogP contribution is 2.43. The minimum atomic E-state index is -0.715.